The van der Waals surface area contributed by atoms with Crippen LogP contribution in [0.5, 0.6) is 0 Å². The van der Waals surface area contributed by atoms with Gasteiger partial charge in [0.15, 0.2) is 0 Å². The van der Waals surface area contributed by atoms with Crippen LogP contribution in [0.4, 0.5) is 0 Å². The summed E-state index contributed by atoms with van der Waals surface area (Å²) in [6.07, 6.45) is 19.2. The number of Topliss-reactive ketones (excluding diaryl/α,β-unsaturated/α-hetero) is 4. The Bertz CT molecular complexity index is 2260. The minimum absolute atomic E-state index is 0. The zero-order valence-electron chi connectivity index (χ0n) is 62.4. The molecule has 5 fully saturated rings. The first-order chi connectivity index (χ1) is 48.3. The molecule has 0 radical (unpaired) electrons. The van der Waals surface area contributed by atoms with Gasteiger partial charge in [0.2, 0.25) is 0 Å². The van der Waals surface area contributed by atoms with Crippen LogP contribution in [0.25, 0.3) is 0 Å². The summed E-state index contributed by atoms with van der Waals surface area (Å²) in [6.45, 7) is 16.6. The number of unbranched alkanes of at least 4 members (excludes halogenated alkanes) is 2. The Hall–Kier alpha value is 0.375. The minimum atomic E-state index is -1.05. The number of carbonyl (C=O) groups is 10. The van der Waals surface area contributed by atoms with E-state index in [9.17, 15) is 57.5 Å². The number of hydrogen-bond acceptors (Lipinski definition) is 28. The number of ketones is 4. The molecular weight excluding hydrogens is 1990 g/mol. The van der Waals surface area contributed by atoms with Gasteiger partial charge in [-0.3, -0.25) is 67.5 Å². The first-order valence-corrected chi connectivity index (χ1v) is 41.5. The number of thioether (sulfide) groups is 6. The van der Waals surface area contributed by atoms with Crippen LogP contribution in [0.15, 0.2) is 0 Å². The summed E-state index contributed by atoms with van der Waals surface area (Å²) < 4.78 is 27.0. The Morgan fingerprint density at radius 2 is 0.782 bits per heavy atom. The van der Waals surface area contributed by atoms with E-state index < -0.39 is 35.8 Å². The number of morpholine rings is 2. The molecule has 582 valence electrons. The maximum absolute atomic E-state index is 12.4. The monoisotopic (exact) mass is 2110 g/mol. The number of hydrogen-bond donors (Lipinski definition) is 4. The fourth-order valence-electron chi connectivity index (χ4n) is 9.76. The van der Waals surface area contributed by atoms with Gasteiger partial charge in [0.05, 0.1) is 65.4 Å². The average Bonchev–Trinajstić information content (AvgIpc) is 0.901. The number of aliphatic carboxylic acids is 2. The molecule has 0 aromatic rings. The molecule has 9 atom stereocenters. The normalized spacial score (nSPS) is 19.3. The van der Waals surface area contributed by atoms with Gasteiger partial charge in [-0.05, 0) is 101 Å². The topological polar surface area (TPSA) is 335 Å². The molecule has 101 heavy (non-hydrogen) atoms. The maximum atomic E-state index is 12.4. The first kappa shape index (κ1) is 103. The number of rotatable bonds is 49. The number of cyclic esters (lactones) is 4. The SMILES string of the molecule is CCCCSC1CCC1SCCCC(=O)CN(CCN(CC(C)=O)CC(=O)O)CC(=O)O.CCCCSC1CCC1SCCCC(=O)CN(C[C-]=O)CCN(C[C-]=O)CC(C)=O.NCCSC1CCC1SCCN.O=C1CN(CCN2CC(=O)OC(=O)C2)CC(=O)O1.[3H]P[CH2-].[3H][CH-]P.[3H][CH-]P.[W+2].[W+2].[W]. The predicted octanol–water partition coefficient (Wildman–Crippen LogP) is 5.65. The molecule has 0 aromatic heterocycles. The summed E-state index contributed by atoms with van der Waals surface area (Å²) in [5.74, 6) is 2.14. The number of carboxylic acids is 2. The molecule has 0 bridgehead atoms. The Kier molecular flexibility index (Phi) is 74.9. The summed E-state index contributed by atoms with van der Waals surface area (Å²) in [5.41, 5.74) is 10.9. The summed E-state index contributed by atoms with van der Waals surface area (Å²) >= 11 is 12.2. The van der Waals surface area contributed by atoms with Gasteiger partial charge in [0, 0.05) is 131 Å². The van der Waals surface area contributed by atoms with Crippen molar-refractivity contribution in [2.75, 3.05) is 165 Å². The predicted molar refractivity (Wildman–Crippen MR) is 416 cm³/mol. The van der Waals surface area contributed by atoms with Crippen LogP contribution < -0.4 is 11.5 Å². The Morgan fingerprint density at radius 1 is 0.525 bits per heavy atom. The Labute approximate surface area is 683 Å². The van der Waals surface area contributed by atoms with Crippen molar-refractivity contribution in [2.24, 2.45) is 11.5 Å². The van der Waals surface area contributed by atoms with Crippen LogP contribution in [0.2, 0.25) is 0 Å². The number of nitrogens with zero attached hydrogens (tertiary/aromatic N) is 6. The largest absolute Gasteiger partial charge is 2.00 e. The van der Waals surface area contributed by atoms with Crippen molar-refractivity contribution in [3.63, 3.8) is 0 Å². The van der Waals surface area contributed by atoms with Crippen molar-refractivity contribution in [1.82, 2.24) is 29.4 Å². The van der Waals surface area contributed by atoms with E-state index in [-0.39, 0.29) is 187 Å². The number of ether oxygens (including phenoxy) is 2. The van der Waals surface area contributed by atoms with Crippen LogP contribution in [-0.2, 0) is 130 Å². The third-order valence-electron chi connectivity index (χ3n) is 14.9. The van der Waals surface area contributed by atoms with E-state index in [1.165, 1.54) is 113 Å². The Morgan fingerprint density at radius 3 is 1.05 bits per heavy atom. The third-order valence-corrected chi connectivity index (χ3v) is 24.4. The molecule has 9 unspecified atom stereocenters. The van der Waals surface area contributed by atoms with E-state index in [1.54, 1.807) is 25.9 Å². The van der Waals surface area contributed by atoms with E-state index in [0.717, 1.165) is 75.2 Å². The molecule has 6 N–H and O–H groups in total. The van der Waals surface area contributed by atoms with Gasteiger partial charge in [-0.15, -0.1) is 0 Å². The molecule has 0 spiro atoms. The number of carbonyl (C=O) groups excluding carboxylic acids is 10. The molecule has 3 saturated carbocycles. The number of nitrogens with two attached hydrogens (primary N) is 2. The van der Waals surface area contributed by atoms with Crippen molar-refractivity contribution >= 4 is 170 Å². The van der Waals surface area contributed by atoms with Crippen LogP contribution in [0.1, 0.15) is 120 Å². The summed E-state index contributed by atoms with van der Waals surface area (Å²) in [6, 6.07) is 0. The fourth-order valence-corrected chi connectivity index (χ4v) is 18.7. The molecule has 24 nitrogen and oxygen atoms in total. The second-order valence-electron chi connectivity index (χ2n) is 23.2. The molecule has 0 amide bonds. The zero-order valence-corrected chi connectivity index (χ0v) is 76.4. The maximum Gasteiger partial charge on any atom is 2.00 e. The Balaban J connectivity index is -0.000000416. The fraction of sp³-hybridized carbons (Fsp3) is 0.769. The second-order valence-corrected chi connectivity index (χ2v) is 31.3. The quantitative estimate of drug-likeness (QED) is 0.0188. The molecule has 5 aliphatic rings. The van der Waals surface area contributed by atoms with Crippen molar-refractivity contribution in [2.45, 2.75) is 149 Å². The number of carboxylic acid groups (broad SMARTS) is 2. The smallest absolute Gasteiger partial charge is 0.541 e. The van der Waals surface area contributed by atoms with Crippen molar-refractivity contribution in [3.05, 3.63) is 19.9 Å². The molecule has 2 heterocycles. The number of esters is 4. The van der Waals surface area contributed by atoms with Crippen LogP contribution in [-0.4, -0.2) is 309 Å². The van der Waals surface area contributed by atoms with Crippen LogP contribution in [0, 0.1) is 19.9 Å². The van der Waals surface area contributed by atoms with Gasteiger partial charge in [-0.2, -0.15) is 70.6 Å². The van der Waals surface area contributed by atoms with E-state index in [1.807, 2.05) is 53.3 Å². The molecule has 36 heteroatoms. The molecular formula is C65H116N8O16P3S6W3-. The van der Waals surface area contributed by atoms with Gasteiger partial charge in [0.25, 0.3) is 0 Å². The summed E-state index contributed by atoms with van der Waals surface area (Å²) in [5, 5.41) is 22.8. The molecule has 2 saturated heterocycles. The minimum Gasteiger partial charge on any atom is -0.541 e. The van der Waals surface area contributed by atoms with Crippen LogP contribution in [0.3, 0.4) is 0 Å². The van der Waals surface area contributed by atoms with Crippen molar-refractivity contribution < 1.29 is 143 Å². The molecule has 0 aromatic carbocycles. The van der Waals surface area contributed by atoms with Gasteiger partial charge < -0.3 is 98.2 Å². The van der Waals surface area contributed by atoms with Gasteiger partial charge in [-0.25, -0.2) is 15.3 Å². The average molecular weight is 2110 g/mol. The van der Waals surface area contributed by atoms with E-state index >= 15 is 0 Å². The van der Waals surface area contributed by atoms with Gasteiger partial charge in [0.1, 0.15) is 23.1 Å². The second kappa shape index (κ2) is 73.2. The van der Waals surface area contributed by atoms with Crippen molar-refractivity contribution in [1.29, 1.82) is 1.28 Å². The van der Waals surface area contributed by atoms with Crippen molar-refractivity contribution in [3.8, 4) is 0 Å². The first-order valence-electron chi connectivity index (χ1n) is 34.9. The van der Waals surface area contributed by atoms with Crippen LogP contribution >= 0.6 is 98.2 Å². The van der Waals surface area contributed by atoms with E-state index in [0.29, 0.717) is 44.3 Å². The third kappa shape index (κ3) is 58.9. The van der Waals surface area contributed by atoms with E-state index in [2.05, 4.69) is 72.0 Å². The summed E-state index contributed by atoms with van der Waals surface area (Å²) in [7, 11) is 4.32. The van der Waals surface area contributed by atoms with Gasteiger partial charge >= 0.3 is 77.9 Å². The standard InChI is InChI=1S/C22H38N2O6S2.C22H36N2O4S2.C10H12N2O6.C8H18N2S2.3CH4P.3W/c1-3-4-11-31-19-7-8-20(19)32-12-5-6-18(26)14-24(16-22(29)30)10-9-23(13-17(2)25)15-21(27)28;1-3-4-15-29-21-7-8-22(21)30-16-5-6-20(28)18-24(12-14-26)10-9-23(11-13-25)17-19(2)27;13-7-3-11(4-8(14)17-7)1-2-12-5-9(15)18-10(16)6-12;9-3-5-11-7-1-2-8(7)12-6-4-10;3*1-2;;;/h19-20H,3-16H2,1-2H3,(H,27,28)(H,29,30);21-22H,3-12,15-18H2,1-2H3;1-6H2;7-8H,1-6,9-10H2;3*1-2H2;;;/q;-2;;;3*-1;;2*+2/i;;;;2T;2*1T;;;. The van der Waals surface area contributed by atoms with Gasteiger partial charge in [-0.1, -0.05) is 39.8 Å². The van der Waals surface area contributed by atoms with E-state index in [4.69, 9.17) is 25.7 Å². The molecule has 2 aliphatic heterocycles. The molecule has 5 rings (SSSR count). The summed E-state index contributed by atoms with van der Waals surface area (Å²) in [4.78, 5) is 145. The molecule has 3 aliphatic carbocycles. The zero-order chi connectivity index (χ0) is 76.2.